The van der Waals surface area contributed by atoms with Crippen molar-refractivity contribution in [2.24, 2.45) is 7.05 Å². The Bertz CT molecular complexity index is 979. The molecule has 2 aromatic heterocycles. The molecule has 27 heavy (non-hydrogen) atoms. The third kappa shape index (κ3) is 4.25. The van der Waals surface area contributed by atoms with Gasteiger partial charge in [-0.25, -0.2) is 0 Å². The second kappa shape index (κ2) is 7.24. The fourth-order valence-corrected chi connectivity index (χ4v) is 2.89. The van der Waals surface area contributed by atoms with Crippen molar-refractivity contribution >= 4 is 34.8 Å². The van der Waals surface area contributed by atoms with Crippen LogP contribution in [-0.2, 0) is 19.8 Å². The second-order valence-corrected chi connectivity index (χ2v) is 6.45. The van der Waals surface area contributed by atoms with Crippen LogP contribution in [0.3, 0.4) is 0 Å². The molecular formula is C16H12Cl2F3N5O. The average Bonchev–Trinajstić information content (AvgIpc) is 3.13. The number of aryl methyl sites for hydroxylation is 1. The number of benzene rings is 1. The summed E-state index contributed by atoms with van der Waals surface area (Å²) >= 11 is 11.5. The normalized spacial score (nSPS) is 11.6. The molecule has 2 heterocycles. The Balaban J connectivity index is 1.75. The zero-order valence-electron chi connectivity index (χ0n) is 13.8. The van der Waals surface area contributed by atoms with Gasteiger partial charge in [0.1, 0.15) is 10.7 Å². The van der Waals surface area contributed by atoms with E-state index in [2.05, 4.69) is 15.5 Å². The highest BCUT2D eigenvalue weighted by molar-refractivity contribution is 6.34. The Labute approximate surface area is 161 Å². The number of hydrogen-bond donors (Lipinski definition) is 1. The number of amides is 1. The Morgan fingerprint density at radius 2 is 1.89 bits per heavy atom. The summed E-state index contributed by atoms with van der Waals surface area (Å²) < 4.78 is 40.9. The van der Waals surface area contributed by atoms with E-state index in [9.17, 15) is 18.0 Å². The summed E-state index contributed by atoms with van der Waals surface area (Å²) in [5.74, 6) is -0.823. The molecule has 0 radical (unpaired) electrons. The molecule has 142 valence electrons. The number of halogens is 5. The van der Waals surface area contributed by atoms with Gasteiger partial charge in [-0.15, -0.1) is 0 Å². The minimum absolute atomic E-state index is 0.305. The average molecular weight is 418 g/mol. The van der Waals surface area contributed by atoms with Gasteiger partial charge in [0.2, 0.25) is 0 Å². The van der Waals surface area contributed by atoms with Crippen molar-refractivity contribution in [1.82, 2.24) is 19.6 Å². The smallest absolute Gasteiger partial charge is 0.318 e. The standard InChI is InChI=1S/C16H12Cl2F3N5O/c1-25-13(12(18)14(24-25)16(19,20)21)15(27)23-11-6-22-26(8-11)7-9-2-4-10(17)5-3-9/h2-6,8H,7H2,1H3,(H,23,27). The number of rotatable bonds is 4. The van der Waals surface area contributed by atoms with Gasteiger partial charge < -0.3 is 5.32 Å². The third-order valence-corrected chi connectivity index (χ3v) is 4.23. The molecule has 0 spiro atoms. The van der Waals surface area contributed by atoms with E-state index >= 15 is 0 Å². The summed E-state index contributed by atoms with van der Waals surface area (Å²) in [6.45, 7) is 0.428. The quantitative estimate of drug-likeness (QED) is 0.690. The van der Waals surface area contributed by atoms with Gasteiger partial charge in [-0.05, 0) is 17.7 Å². The van der Waals surface area contributed by atoms with E-state index in [0.717, 1.165) is 10.2 Å². The second-order valence-electron chi connectivity index (χ2n) is 5.64. The lowest BCUT2D eigenvalue weighted by Gasteiger charge is -2.04. The molecule has 0 unspecified atom stereocenters. The molecule has 0 bridgehead atoms. The van der Waals surface area contributed by atoms with Crippen molar-refractivity contribution in [3.8, 4) is 0 Å². The van der Waals surface area contributed by atoms with E-state index in [1.165, 1.54) is 13.2 Å². The number of nitrogens with one attached hydrogen (secondary N) is 1. The zero-order valence-corrected chi connectivity index (χ0v) is 15.3. The molecule has 0 saturated carbocycles. The molecule has 6 nitrogen and oxygen atoms in total. The molecule has 0 aliphatic rings. The van der Waals surface area contributed by atoms with Gasteiger partial charge in [-0.1, -0.05) is 35.3 Å². The molecule has 3 aromatic rings. The van der Waals surface area contributed by atoms with E-state index in [-0.39, 0.29) is 0 Å². The van der Waals surface area contributed by atoms with Gasteiger partial charge in [0.25, 0.3) is 5.91 Å². The van der Waals surface area contributed by atoms with Gasteiger partial charge in [-0.2, -0.15) is 23.4 Å². The highest BCUT2D eigenvalue weighted by Crippen LogP contribution is 2.35. The van der Waals surface area contributed by atoms with Gasteiger partial charge >= 0.3 is 6.18 Å². The molecule has 0 fully saturated rings. The van der Waals surface area contributed by atoms with Crippen molar-refractivity contribution in [3.05, 3.63) is 63.7 Å². The summed E-state index contributed by atoms with van der Waals surface area (Å²) in [6, 6.07) is 7.14. The Kier molecular flexibility index (Phi) is 5.16. The molecule has 1 aromatic carbocycles. The number of carbonyl (C=O) groups excluding carboxylic acids is 1. The molecule has 0 aliphatic carbocycles. The van der Waals surface area contributed by atoms with E-state index in [1.807, 2.05) is 12.1 Å². The van der Waals surface area contributed by atoms with Gasteiger partial charge in [0, 0.05) is 18.3 Å². The molecule has 0 saturated heterocycles. The number of carbonyl (C=O) groups is 1. The maximum absolute atomic E-state index is 12.9. The lowest BCUT2D eigenvalue weighted by atomic mass is 10.2. The highest BCUT2D eigenvalue weighted by atomic mass is 35.5. The van der Waals surface area contributed by atoms with E-state index in [1.54, 1.807) is 23.0 Å². The topological polar surface area (TPSA) is 64.7 Å². The molecular weight excluding hydrogens is 406 g/mol. The lowest BCUT2D eigenvalue weighted by molar-refractivity contribution is -0.141. The lowest BCUT2D eigenvalue weighted by Crippen LogP contribution is -2.16. The van der Waals surface area contributed by atoms with Gasteiger partial charge in [0.05, 0.1) is 18.4 Å². The number of anilines is 1. The van der Waals surface area contributed by atoms with Crippen LogP contribution in [0.5, 0.6) is 0 Å². The minimum Gasteiger partial charge on any atom is -0.318 e. The monoisotopic (exact) mass is 417 g/mol. The summed E-state index contributed by atoms with van der Waals surface area (Å²) in [7, 11) is 1.21. The molecule has 11 heteroatoms. The van der Waals surface area contributed by atoms with Gasteiger partial charge in [-0.3, -0.25) is 14.2 Å². The van der Waals surface area contributed by atoms with Gasteiger partial charge in [0.15, 0.2) is 5.69 Å². The van der Waals surface area contributed by atoms with Crippen LogP contribution in [0.25, 0.3) is 0 Å². The van der Waals surface area contributed by atoms with Crippen LogP contribution in [0.1, 0.15) is 21.7 Å². The Hall–Kier alpha value is -2.52. The van der Waals surface area contributed by atoms with E-state index in [4.69, 9.17) is 23.2 Å². The number of alkyl halides is 3. The summed E-state index contributed by atoms with van der Waals surface area (Å²) in [6.07, 6.45) is -1.83. The van der Waals surface area contributed by atoms with Crippen molar-refractivity contribution in [2.45, 2.75) is 12.7 Å². The Morgan fingerprint density at radius 1 is 1.22 bits per heavy atom. The van der Waals surface area contributed by atoms with Crippen LogP contribution >= 0.6 is 23.2 Å². The maximum atomic E-state index is 12.9. The number of nitrogens with zero attached hydrogens (tertiary/aromatic N) is 4. The van der Waals surface area contributed by atoms with Crippen molar-refractivity contribution in [2.75, 3.05) is 5.32 Å². The summed E-state index contributed by atoms with van der Waals surface area (Å²) in [5.41, 5.74) is -0.464. The van der Waals surface area contributed by atoms with Crippen LogP contribution in [-0.4, -0.2) is 25.5 Å². The first-order valence-electron chi connectivity index (χ1n) is 7.53. The van der Waals surface area contributed by atoms with Crippen LogP contribution in [0.2, 0.25) is 10.0 Å². The van der Waals surface area contributed by atoms with Crippen LogP contribution in [0.4, 0.5) is 18.9 Å². The number of hydrogen-bond acceptors (Lipinski definition) is 3. The van der Waals surface area contributed by atoms with Crippen molar-refractivity contribution < 1.29 is 18.0 Å². The summed E-state index contributed by atoms with van der Waals surface area (Å²) in [4.78, 5) is 12.3. The van der Waals surface area contributed by atoms with E-state index < -0.39 is 28.5 Å². The van der Waals surface area contributed by atoms with Crippen LogP contribution < -0.4 is 5.32 Å². The minimum atomic E-state index is -4.75. The molecule has 3 rings (SSSR count). The predicted molar refractivity (Wildman–Crippen MR) is 94.0 cm³/mol. The van der Waals surface area contributed by atoms with Crippen LogP contribution in [0, 0.1) is 0 Å². The predicted octanol–water partition coefficient (Wildman–Crippen LogP) is 4.24. The largest absolute Gasteiger partial charge is 0.436 e. The third-order valence-electron chi connectivity index (χ3n) is 3.62. The molecule has 1 N–H and O–H groups in total. The first kappa shape index (κ1) is 19.2. The first-order valence-corrected chi connectivity index (χ1v) is 8.28. The molecule has 0 atom stereocenters. The molecule has 0 aliphatic heterocycles. The fourth-order valence-electron chi connectivity index (χ4n) is 2.41. The SMILES string of the molecule is Cn1nc(C(F)(F)F)c(Cl)c1C(=O)Nc1cnn(Cc2ccc(Cl)cc2)c1. The fraction of sp³-hybridized carbons (Fsp3) is 0.188. The maximum Gasteiger partial charge on any atom is 0.436 e. The van der Waals surface area contributed by atoms with Crippen molar-refractivity contribution in [3.63, 3.8) is 0 Å². The summed E-state index contributed by atoms with van der Waals surface area (Å²) in [5, 5.41) is 9.70. The van der Waals surface area contributed by atoms with E-state index in [0.29, 0.717) is 17.3 Å². The molecule has 1 amide bonds. The number of aromatic nitrogens is 4. The Morgan fingerprint density at radius 3 is 2.48 bits per heavy atom. The van der Waals surface area contributed by atoms with Crippen molar-refractivity contribution in [1.29, 1.82) is 0 Å². The zero-order chi connectivity index (χ0) is 19.8. The van der Waals surface area contributed by atoms with Crippen LogP contribution in [0.15, 0.2) is 36.7 Å². The first-order chi connectivity index (χ1) is 12.6. The highest BCUT2D eigenvalue weighted by Gasteiger charge is 2.39.